The Morgan fingerprint density at radius 1 is 1.35 bits per heavy atom. The standard InChI is InChI=1S/C16H19N3O4/c1-10(2)15-17-14(23-18-15)8-19(3)16(20)13-9-21-11-6-4-5-7-12(11)22-13/h4-7,10,13H,8-9H2,1-3H3/t13-/m1/s1. The molecule has 1 aliphatic heterocycles. The summed E-state index contributed by atoms with van der Waals surface area (Å²) in [6, 6.07) is 7.29. The Bertz CT molecular complexity index is 698. The molecule has 7 heteroatoms. The van der Waals surface area contributed by atoms with Crippen LogP contribution in [0.5, 0.6) is 11.5 Å². The first-order valence-corrected chi connectivity index (χ1v) is 7.50. The van der Waals surface area contributed by atoms with Crippen molar-refractivity contribution >= 4 is 5.91 Å². The molecule has 1 amide bonds. The zero-order valence-corrected chi connectivity index (χ0v) is 13.4. The van der Waals surface area contributed by atoms with Gasteiger partial charge in [0, 0.05) is 13.0 Å². The molecule has 122 valence electrons. The number of amides is 1. The van der Waals surface area contributed by atoms with Crippen LogP contribution in [0.1, 0.15) is 31.5 Å². The Labute approximate surface area is 134 Å². The number of benzene rings is 1. The minimum Gasteiger partial charge on any atom is -0.485 e. The fourth-order valence-corrected chi connectivity index (χ4v) is 2.23. The molecule has 1 aromatic carbocycles. The Morgan fingerprint density at radius 2 is 2.09 bits per heavy atom. The second-order valence-corrected chi connectivity index (χ2v) is 5.76. The van der Waals surface area contributed by atoms with Crippen molar-refractivity contribution in [3.63, 3.8) is 0 Å². The normalized spacial score (nSPS) is 16.4. The SMILES string of the molecule is CC(C)c1noc(CN(C)C(=O)[C@H]2COc3ccccc3O2)n1. The van der Waals surface area contributed by atoms with Crippen molar-refractivity contribution in [3.05, 3.63) is 36.0 Å². The van der Waals surface area contributed by atoms with Crippen LogP contribution in [0, 0.1) is 0 Å². The molecule has 7 nitrogen and oxygen atoms in total. The van der Waals surface area contributed by atoms with Gasteiger partial charge in [0.1, 0.15) is 6.61 Å². The molecule has 1 aromatic heterocycles. The average molecular weight is 317 g/mol. The van der Waals surface area contributed by atoms with E-state index in [1.54, 1.807) is 13.1 Å². The molecule has 0 saturated heterocycles. The number of nitrogens with zero attached hydrogens (tertiary/aromatic N) is 3. The molecule has 2 aromatic rings. The summed E-state index contributed by atoms with van der Waals surface area (Å²) < 4.78 is 16.4. The number of carbonyl (C=O) groups is 1. The Hall–Kier alpha value is -2.57. The van der Waals surface area contributed by atoms with Gasteiger partial charge in [-0.05, 0) is 12.1 Å². The van der Waals surface area contributed by atoms with Crippen molar-refractivity contribution in [2.45, 2.75) is 32.4 Å². The van der Waals surface area contributed by atoms with E-state index in [1.165, 1.54) is 4.90 Å². The largest absolute Gasteiger partial charge is 0.485 e. The van der Waals surface area contributed by atoms with Crippen LogP contribution in [-0.4, -0.2) is 40.7 Å². The molecule has 0 bridgehead atoms. The van der Waals surface area contributed by atoms with Gasteiger partial charge in [-0.1, -0.05) is 31.1 Å². The molecule has 1 aliphatic rings. The topological polar surface area (TPSA) is 77.7 Å². The number of carbonyl (C=O) groups excluding carboxylic acids is 1. The third kappa shape index (κ3) is 3.28. The molecule has 0 aliphatic carbocycles. The Balaban J connectivity index is 1.63. The summed E-state index contributed by atoms with van der Waals surface area (Å²) in [5.74, 6) is 2.25. The third-order valence-corrected chi connectivity index (χ3v) is 3.53. The number of fused-ring (bicyclic) bond motifs is 1. The van der Waals surface area contributed by atoms with Crippen LogP contribution in [0.4, 0.5) is 0 Å². The summed E-state index contributed by atoms with van der Waals surface area (Å²) in [6.07, 6.45) is -0.678. The van der Waals surface area contributed by atoms with Gasteiger partial charge in [-0.2, -0.15) is 4.98 Å². The molecule has 0 saturated carbocycles. The lowest BCUT2D eigenvalue weighted by molar-refractivity contribution is -0.140. The summed E-state index contributed by atoms with van der Waals surface area (Å²) in [7, 11) is 1.67. The molecular weight excluding hydrogens is 298 g/mol. The van der Waals surface area contributed by atoms with E-state index in [1.807, 2.05) is 32.0 Å². The molecule has 1 atom stereocenters. The average Bonchev–Trinajstić information content (AvgIpc) is 3.02. The van der Waals surface area contributed by atoms with E-state index in [0.29, 0.717) is 23.2 Å². The summed E-state index contributed by atoms with van der Waals surface area (Å²) >= 11 is 0. The first-order chi connectivity index (χ1) is 11.0. The highest BCUT2D eigenvalue weighted by Gasteiger charge is 2.30. The summed E-state index contributed by atoms with van der Waals surface area (Å²) in [6.45, 7) is 4.38. The van der Waals surface area contributed by atoms with Crippen molar-refractivity contribution < 1.29 is 18.8 Å². The van der Waals surface area contributed by atoms with Crippen molar-refractivity contribution in [2.75, 3.05) is 13.7 Å². The van der Waals surface area contributed by atoms with Gasteiger partial charge in [0.25, 0.3) is 5.91 Å². The monoisotopic (exact) mass is 317 g/mol. The molecule has 0 N–H and O–H groups in total. The van der Waals surface area contributed by atoms with Gasteiger partial charge >= 0.3 is 0 Å². The van der Waals surface area contributed by atoms with Crippen molar-refractivity contribution in [1.29, 1.82) is 0 Å². The van der Waals surface area contributed by atoms with E-state index >= 15 is 0 Å². The second-order valence-electron chi connectivity index (χ2n) is 5.76. The molecule has 0 radical (unpaired) electrons. The first-order valence-electron chi connectivity index (χ1n) is 7.50. The third-order valence-electron chi connectivity index (χ3n) is 3.53. The van der Waals surface area contributed by atoms with Crippen LogP contribution in [0.25, 0.3) is 0 Å². The van der Waals surface area contributed by atoms with E-state index in [2.05, 4.69) is 10.1 Å². The van der Waals surface area contributed by atoms with Gasteiger partial charge in [-0.25, -0.2) is 0 Å². The molecule has 0 unspecified atom stereocenters. The predicted molar refractivity (Wildman–Crippen MR) is 81.2 cm³/mol. The number of hydrogen-bond acceptors (Lipinski definition) is 6. The van der Waals surface area contributed by atoms with Gasteiger partial charge in [0.05, 0.1) is 6.54 Å². The minimum atomic E-state index is -0.678. The number of hydrogen-bond donors (Lipinski definition) is 0. The summed E-state index contributed by atoms with van der Waals surface area (Å²) in [5, 5.41) is 3.89. The smallest absolute Gasteiger partial charge is 0.267 e. The van der Waals surface area contributed by atoms with Crippen LogP contribution in [-0.2, 0) is 11.3 Å². The number of rotatable bonds is 4. The maximum Gasteiger partial charge on any atom is 0.267 e. The van der Waals surface area contributed by atoms with Crippen molar-refractivity contribution in [1.82, 2.24) is 15.0 Å². The van der Waals surface area contributed by atoms with Gasteiger partial charge in [0.2, 0.25) is 12.0 Å². The highest BCUT2D eigenvalue weighted by Crippen LogP contribution is 2.31. The van der Waals surface area contributed by atoms with Gasteiger partial charge in [0.15, 0.2) is 17.3 Å². The first kappa shape index (κ1) is 15.3. The van der Waals surface area contributed by atoms with Gasteiger partial charge in [-0.3, -0.25) is 4.79 Å². The number of aromatic nitrogens is 2. The van der Waals surface area contributed by atoms with Crippen LogP contribution in [0.3, 0.4) is 0 Å². The van der Waals surface area contributed by atoms with Crippen LogP contribution >= 0.6 is 0 Å². The van der Waals surface area contributed by atoms with Gasteiger partial charge < -0.3 is 18.9 Å². The van der Waals surface area contributed by atoms with Crippen molar-refractivity contribution in [2.24, 2.45) is 0 Å². The maximum absolute atomic E-state index is 12.5. The lowest BCUT2D eigenvalue weighted by Gasteiger charge is -2.28. The van der Waals surface area contributed by atoms with Gasteiger partial charge in [-0.15, -0.1) is 0 Å². The second kappa shape index (κ2) is 6.28. The van der Waals surface area contributed by atoms with E-state index in [4.69, 9.17) is 14.0 Å². The summed E-state index contributed by atoms with van der Waals surface area (Å²) in [4.78, 5) is 18.3. The fraction of sp³-hybridized carbons (Fsp3) is 0.438. The maximum atomic E-state index is 12.5. The molecular formula is C16H19N3O4. The zero-order chi connectivity index (χ0) is 16.4. The fourth-order valence-electron chi connectivity index (χ4n) is 2.23. The molecule has 3 rings (SSSR count). The Morgan fingerprint density at radius 3 is 2.78 bits per heavy atom. The van der Waals surface area contributed by atoms with E-state index < -0.39 is 6.10 Å². The molecule has 0 fully saturated rings. The lowest BCUT2D eigenvalue weighted by atomic mass is 10.2. The highest BCUT2D eigenvalue weighted by molar-refractivity contribution is 5.81. The molecule has 2 heterocycles. The molecule has 23 heavy (non-hydrogen) atoms. The van der Waals surface area contributed by atoms with E-state index in [0.717, 1.165) is 0 Å². The Kier molecular flexibility index (Phi) is 4.18. The number of ether oxygens (including phenoxy) is 2. The highest BCUT2D eigenvalue weighted by atomic mass is 16.6. The summed E-state index contributed by atoms with van der Waals surface area (Å²) in [5.41, 5.74) is 0. The van der Waals surface area contributed by atoms with Crippen molar-refractivity contribution in [3.8, 4) is 11.5 Å². The predicted octanol–water partition coefficient (Wildman–Crippen LogP) is 1.99. The minimum absolute atomic E-state index is 0.181. The van der Waals surface area contributed by atoms with E-state index in [-0.39, 0.29) is 25.0 Å². The van der Waals surface area contributed by atoms with Crippen LogP contribution in [0.2, 0.25) is 0 Å². The molecule has 0 spiro atoms. The zero-order valence-electron chi connectivity index (χ0n) is 13.4. The van der Waals surface area contributed by atoms with E-state index in [9.17, 15) is 4.79 Å². The number of para-hydroxylation sites is 2. The van der Waals surface area contributed by atoms with Crippen LogP contribution in [0.15, 0.2) is 28.8 Å². The number of likely N-dealkylation sites (N-methyl/N-ethyl adjacent to an activating group) is 1. The quantitative estimate of drug-likeness (QED) is 0.858. The van der Waals surface area contributed by atoms with Crippen LogP contribution < -0.4 is 9.47 Å². The lowest BCUT2D eigenvalue weighted by Crippen LogP contribution is -2.44.